The number of halogens is 1. The SMILES string of the molecule is CCC=C1c2c(cc(OCC)c(OCC)c2F)C2(CC2)N1CC(=O)c1cc(C(=O)O)cc(C(C)(C)C)c1. The molecule has 1 aliphatic carbocycles. The minimum Gasteiger partial charge on any atom is -0.490 e. The smallest absolute Gasteiger partial charge is 0.335 e. The van der Waals surface area contributed by atoms with Crippen molar-refractivity contribution < 1.29 is 28.6 Å². The lowest BCUT2D eigenvalue weighted by Crippen LogP contribution is -2.33. The number of aromatic carboxylic acids is 1. The highest BCUT2D eigenvalue weighted by molar-refractivity contribution is 6.01. The fraction of sp³-hybridized carbons (Fsp3) is 0.467. The molecule has 7 heteroatoms. The molecule has 37 heavy (non-hydrogen) atoms. The molecule has 2 aliphatic rings. The summed E-state index contributed by atoms with van der Waals surface area (Å²) in [5.74, 6) is -1.28. The molecule has 0 bridgehead atoms. The van der Waals surface area contributed by atoms with Crippen LogP contribution in [-0.4, -0.2) is 41.5 Å². The summed E-state index contributed by atoms with van der Waals surface area (Å²) < 4.78 is 27.4. The van der Waals surface area contributed by atoms with Gasteiger partial charge in [0.15, 0.2) is 23.1 Å². The van der Waals surface area contributed by atoms with Gasteiger partial charge in [-0.1, -0.05) is 33.8 Å². The summed E-state index contributed by atoms with van der Waals surface area (Å²) in [6, 6.07) is 6.71. The van der Waals surface area contributed by atoms with Gasteiger partial charge >= 0.3 is 5.97 Å². The van der Waals surface area contributed by atoms with Gasteiger partial charge in [-0.25, -0.2) is 9.18 Å². The molecule has 1 fully saturated rings. The molecule has 0 unspecified atom stereocenters. The van der Waals surface area contributed by atoms with Crippen LogP contribution in [-0.2, 0) is 11.0 Å². The quantitative estimate of drug-likeness (QED) is 0.386. The maximum absolute atomic E-state index is 16.0. The molecule has 2 aromatic carbocycles. The van der Waals surface area contributed by atoms with Crippen molar-refractivity contribution >= 4 is 17.4 Å². The molecule has 1 spiro atoms. The number of carboxylic acids is 1. The van der Waals surface area contributed by atoms with Crippen LogP contribution in [0.4, 0.5) is 4.39 Å². The van der Waals surface area contributed by atoms with Gasteiger partial charge in [0.05, 0.1) is 30.9 Å². The van der Waals surface area contributed by atoms with Gasteiger partial charge in [0.2, 0.25) is 0 Å². The number of ketones is 1. The molecule has 1 aliphatic heterocycles. The zero-order chi connectivity index (χ0) is 27.1. The van der Waals surface area contributed by atoms with Gasteiger partial charge in [-0.05, 0) is 73.9 Å². The molecule has 6 nitrogen and oxygen atoms in total. The first-order valence-corrected chi connectivity index (χ1v) is 13.0. The molecule has 0 aromatic heterocycles. The number of nitrogens with zero attached hydrogens (tertiary/aromatic N) is 1. The number of fused-ring (bicyclic) bond motifs is 2. The highest BCUT2D eigenvalue weighted by Gasteiger charge is 2.58. The number of ether oxygens (including phenoxy) is 2. The third-order valence-electron chi connectivity index (χ3n) is 7.13. The second-order valence-corrected chi connectivity index (χ2v) is 10.7. The zero-order valence-electron chi connectivity index (χ0n) is 22.5. The first kappa shape index (κ1) is 26.7. The molecule has 2 aromatic rings. The minimum atomic E-state index is -1.08. The first-order valence-electron chi connectivity index (χ1n) is 13.0. The second kappa shape index (κ2) is 9.84. The van der Waals surface area contributed by atoms with E-state index in [-0.39, 0.29) is 29.1 Å². The largest absolute Gasteiger partial charge is 0.490 e. The number of benzene rings is 2. The molecule has 1 heterocycles. The van der Waals surface area contributed by atoms with Gasteiger partial charge in [-0.2, -0.15) is 0 Å². The number of allylic oxidation sites excluding steroid dienone is 1. The predicted molar refractivity (Wildman–Crippen MR) is 141 cm³/mol. The average Bonchev–Trinajstić information content (AvgIpc) is 3.60. The minimum absolute atomic E-state index is 0.0144. The van der Waals surface area contributed by atoms with E-state index in [1.54, 1.807) is 19.1 Å². The van der Waals surface area contributed by atoms with Crippen molar-refractivity contribution in [2.75, 3.05) is 19.8 Å². The van der Waals surface area contributed by atoms with E-state index in [9.17, 15) is 14.7 Å². The number of rotatable bonds is 9. The van der Waals surface area contributed by atoms with Gasteiger partial charge in [0.25, 0.3) is 0 Å². The van der Waals surface area contributed by atoms with Crippen LogP contribution in [0, 0.1) is 5.82 Å². The van der Waals surface area contributed by atoms with Gasteiger partial charge in [0, 0.05) is 16.8 Å². The lowest BCUT2D eigenvalue weighted by Gasteiger charge is -2.28. The van der Waals surface area contributed by atoms with E-state index in [2.05, 4.69) is 0 Å². The van der Waals surface area contributed by atoms with Crippen molar-refractivity contribution in [2.45, 2.75) is 71.8 Å². The van der Waals surface area contributed by atoms with Crippen LogP contribution < -0.4 is 9.47 Å². The highest BCUT2D eigenvalue weighted by atomic mass is 19.1. The lowest BCUT2D eigenvalue weighted by molar-refractivity contribution is 0.0696. The van der Waals surface area contributed by atoms with Crippen LogP contribution in [0.5, 0.6) is 11.5 Å². The normalized spacial score (nSPS) is 16.7. The van der Waals surface area contributed by atoms with Gasteiger partial charge < -0.3 is 19.5 Å². The molecular weight excluding hydrogens is 473 g/mol. The van der Waals surface area contributed by atoms with Crippen LogP contribution in [0.2, 0.25) is 0 Å². The van der Waals surface area contributed by atoms with Gasteiger partial charge in [-0.15, -0.1) is 0 Å². The van der Waals surface area contributed by atoms with E-state index in [4.69, 9.17) is 9.47 Å². The summed E-state index contributed by atoms with van der Waals surface area (Å²) in [6.07, 6.45) is 4.19. The maximum atomic E-state index is 16.0. The molecule has 0 atom stereocenters. The van der Waals surface area contributed by atoms with Crippen LogP contribution in [0.1, 0.15) is 98.2 Å². The zero-order valence-corrected chi connectivity index (χ0v) is 22.5. The molecule has 198 valence electrons. The third kappa shape index (κ3) is 4.72. The summed E-state index contributed by atoms with van der Waals surface area (Å²) in [4.78, 5) is 27.5. The Kier molecular flexibility index (Phi) is 7.10. The Morgan fingerprint density at radius 1 is 1.05 bits per heavy atom. The third-order valence-corrected chi connectivity index (χ3v) is 7.13. The molecule has 4 rings (SSSR count). The average molecular weight is 510 g/mol. The van der Waals surface area contributed by atoms with Crippen molar-refractivity contribution in [3.05, 3.63) is 64.0 Å². The number of hydrogen-bond donors (Lipinski definition) is 1. The standard InChI is InChI=1S/C30H36FNO5/c1-7-10-22-25-21(16-24(36-8-2)27(26(25)31)37-9-3)30(11-12-30)32(22)17-23(33)18-13-19(28(34)35)15-20(14-18)29(4,5)6/h10,13-16H,7-9,11-12,17H2,1-6H3,(H,34,35). The summed E-state index contributed by atoms with van der Waals surface area (Å²) in [6.45, 7) is 12.3. The Morgan fingerprint density at radius 2 is 1.70 bits per heavy atom. The van der Waals surface area contributed by atoms with E-state index in [0.29, 0.717) is 42.2 Å². The maximum Gasteiger partial charge on any atom is 0.335 e. The van der Waals surface area contributed by atoms with Crippen LogP contribution >= 0.6 is 0 Å². The van der Waals surface area contributed by atoms with E-state index >= 15 is 4.39 Å². The molecule has 1 N–H and O–H groups in total. The predicted octanol–water partition coefficient (Wildman–Crippen LogP) is 6.56. The van der Waals surface area contributed by atoms with E-state index in [1.165, 1.54) is 6.07 Å². The summed E-state index contributed by atoms with van der Waals surface area (Å²) >= 11 is 0. The Morgan fingerprint density at radius 3 is 2.24 bits per heavy atom. The fourth-order valence-electron chi connectivity index (χ4n) is 5.16. The lowest BCUT2D eigenvalue weighted by atomic mass is 9.84. The Labute approximate surface area is 218 Å². The summed E-state index contributed by atoms with van der Waals surface area (Å²) in [5, 5.41) is 9.66. The van der Waals surface area contributed by atoms with E-state index in [1.807, 2.05) is 51.7 Å². The van der Waals surface area contributed by atoms with Crippen LogP contribution in [0.25, 0.3) is 5.70 Å². The molecule has 0 amide bonds. The van der Waals surface area contributed by atoms with Crippen LogP contribution in [0.15, 0.2) is 30.3 Å². The fourth-order valence-corrected chi connectivity index (χ4v) is 5.16. The summed E-state index contributed by atoms with van der Waals surface area (Å²) in [5.41, 5.74) is 2.35. The van der Waals surface area contributed by atoms with E-state index in [0.717, 1.165) is 24.0 Å². The van der Waals surface area contributed by atoms with Crippen molar-refractivity contribution in [3.63, 3.8) is 0 Å². The highest BCUT2D eigenvalue weighted by Crippen LogP contribution is 2.62. The molecular formula is C30H36FNO5. The second-order valence-electron chi connectivity index (χ2n) is 10.7. The van der Waals surface area contributed by atoms with Crippen molar-refractivity contribution in [3.8, 4) is 11.5 Å². The Bertz CT molecular complexity index is 1270. The number of hydrogen-bond acceptors (Lipinski definition) is 5. The Balaban J connectivity index is 1.79. The first-order chi connectivity index (χ1) is 17.5. The number of Topliss-reactive ketones (excluding diaryl/α,β-unsaturated/α-hetero) is 1. The monoisotopic (exact) mass is 509 g/mol. The Hall–Kier alpha value is -3.35. The number of carbonyl (C=O) groups excluding carboxylic acids is 1. The molecule has 0 radical (unpaired) electrons. The van der Waals surface area contributed by atoms with Gasteiger partial charge in [0.1, 0.15) is 0 Å². The number of carboxylic acid groups (broad SMARTS) is 1. The summed E-state index contributed by atoms with van der Waals surface area (Å²) in [7, 11) is 0. The van der Waals surface area contributed by atoms with Crippen LogP contribution in [0.3, 0.4) is 0 Å². The number of carbonyl (C=O) groups is 2. The van der Waals surface area contributed by atoms with Crippen molar-refractivity contribution in [1.82, 2.24) is 4.90 Å². The van der Waals surface area contributed by atoms with E-state index < -0.39 is 17.3 Å². The van der Waals surface area contributed by atoms with Crippen molar-refractivity contribution in [2.24, 2.45) is 0 Å². The van der Waals surface area contributed by atoms with Crippen molar-refractivity contribution in [1.29, 1.82) is 0 Å². The molecule has 1 saturated carbocycles. The topological polar surface area (TPSA) is 76.1 Å². The molecule has 0 saturated heterocycles. The van der Waals surface area contributed by atoms with Gasteiger partial charge in [-0.3, -0.25) is 4.79 Å².